The van der Waals surface area contributed by atoms with Crippen molar-refractivity contribution in [3.8, 4) is 0 Å². The Morgan fingerprint density at radius 1 is 1.12 bits per heavy atom. The molecule has 2 aromatic rings. The zero-order chi connectivity index (χ0) is 17.1. The molecule has 0 radical (unpaired) electrons. The van der Waals surface area contributed by atoms with E-state index in [-0.39, 0.29) is 18.4 Å². The lowest BCUT2D eigenvalue weighted by Gasteiger charge is -2.38. The topological polar surface area (TPSA) is 58.4 Å². The van der Waals surface area contributed by atoms with Gasteiger partial charge in [0, 0.05) is 19.3 Å². The quantitative estimate of drug-likeness (QED) is 0.840. The maximum absolute atomic E-state index is 12.6. The van der Waals surface area contributed by atoms with Gasteiger partial charge in [0.1, 0.15) is 12.6 Å². The number of nitrogens with zero attached hydrogens (tertiary/aromatic N) is 4. The molecule has 1 aromatic heterocycles. The number of carbonyl (C=O) groups excluding carboxylic acids is 2. The van der Waals surface area contributed by atoms with Gasteiger partial charge in [0.25, 0.3) is 0 Å². The minimum atomic E-state index is -0.471. The molecule has 6 heteroatoms. The van der Waals surface area contributed by atoms with Gasteiger partial charge in [-0.25, -0.2) is 0 Å². The third kappa shape index (κ3) is 3.32. The zero-order valence-corrected chi connectivity index (χ0v) is 14.1. The van der Waals surface area contributed by atoms with Gasteiger partial charge in [0.2, 0.25) is 11.8 Å². The summed E-state index contributed by atoms with van der Waals surface area (Å²) in [4.78, 5) is 28.4. The number of aryl methyl sites for hydroxylation is 1. The van der Waals surface area contributed by atoms with Crippen molar-refractivity contribution in [2.75, 3.05) is 6.54 Å². The molecule has 1 fully saturated rings. The van der Waals surface area contributed by atoms with Crippen LogP contribution in [0.25, 0.3) is 0 Å². The molecule has 6 nitrogen and oxygen atoms in total. The fourth-order valence-electron chi connectivity index (χ4n) is 2.95. The van der Waals surface area contributed by atoms with Crippen molar-refractivity contribution >= 4 is 11.8 Å². The van der Waals surface area contributed by atoms with E-state index in [2.05, 4.69) is 5.10 Å². The molecule has 1 aromatic carbocycles. The third-order valence-electron chi connectivity index (χ3n) is 4.35. The second-order valence-electron chi connectivity index (χ2n) is 6.04. The maximum Gasteiger partial charge on any atom is 0.245 e. The van der Waals surface area contributed by atoms with Gasteiger partial charge < -0.3 is 9.80 Å². The lowest BCUT2D eigenvalue weighted by molar-refractivity contribution is -0.156. The molecule has 1 aliphatic heterocycles. The molecule has 2 heterocycles. The number of hydrogen-bond acceptors (Lipinski definition) is 3. The van der Waals surface area contributed by atoms with Crippen LogP contribution in [0.5, 0.6) is 0 Å². The highest BCUT2D eigenvalue weighted by molar-refractivity contribution is 5.94. The zero-order valence-electron chi connectivity index (χ0n) is 14.1. The summed E-state index contributed by atoms with van der Waals surface area (Å²) in [5.74, 6) is -0.0579. The first-order chi connectivity index (χ1) is 11.6. The van der Waals surface area contributed by atoms with Gasteiger partial charge in [0.05, 0.1) is 12.2 Å². The number of aromatic nitrogens is 2. The average molecular weight is 326 g/mol. The van der Waals surface area contributed by atoms with Crippen molar-refractivity contribution < 1.29 is 9.59 Å². The Balaban J connectivity index is 1.69. The molecule has 1 saturated heterocycles. The van der Waals surface area contributed by atoms with Crippen molar-refractivity contribution in [2.45, 2.75) is 39.5 Å². The van der Waals surface area contributed by atoms with E-state index in [1.165, 1.54) is 0 Å². The van der Waals surface area contributed by atoms with E-state index in [9.17, 15) is 9.59 Å². The third-order valence-corrected chi connectivity index (χ3v) is 4.35. The summed E-state index contributed by atoms with van der Waals surface area (Å²) in [7, 11) is 0. The second kappa shape index (κ2) is 6.86. The Labute approximate surface area is 141 Å². The largest absolute Gasteiger partial charge is 0.327 e. The molecule has 126 valence electrons. The van der Waals surface area contributed by atoms with Gasteiger partial charge in [0.15, 0.2) is 0 Å². The fourth-order valence-corrected chi connectivity index (χ4v) is 2.95. The molecule has 1 atom stereocenters. The van der Waals surface area contributed by atoms with Gasteiger partial charge in [-0.2, -0.15) is 5.10 Å². The van der Waals surface area contributed by atoms with Gasteiger partial charge in [-0.1, -0.05) is 30.3 Å². The van der Waals surface area contributed by atoms with Gasteiger partial charge in [-0.05, 0) is 25.5 Å². The Hall–Kier alpha value is -2.63. The normalized spacial score (nSPS) is 18.3. The Morgan fingerprint density at radius 2 is 1.88 bits per heavy atom. The van der Waals surface area contributed by atoms with Crippen LogP contribution in [0.4, 0.5) is 0 Å². The van der Waals surface area contributed by atoms with Crippen molar-refractivity contribution in [3.05, 3.63) is 53.9 Å². The molecule has 0 N–H and O–H groups in total. The van der Waals surface area contributed by atoms with Crippen molar-refractivity contribution in [1.29, 1.82) is 0 Å². The first kappa shape index (κ1) is 16.2. The number of carbonyl (C=O) groups is 2. The van der Waals surface area contributed by atoms with Crippen LogP contribution in [0.3, 0.4) is 0 Å². The highest BCUT2D eigenvalue weighted by atomic mass is 16.2. The molecule has 3 rings (SSSR count). The summed E-state index contributed by atoms with van der Waals surface area (Å²) in [5, 5.41) is 4.40. The molecule has 1 aliphatic rings. The van der Waals surface area contributed by atoms with Crippen LogP contribution in [0.2, 0.25) is 0 Å². The van der Waals surface area contributed by atoms with Crippen LogP contribution < -0.4 is 0 Å². The lowest BCUT2D eigenvalue weighted by atomic mass is 10.1. The van der Waals surface area contributed by atoms with Crippen molar-refractivity contribution in [2.24, 2.45) is 0 Å². The van der Waals surface area contributed by atoms with E-state index in [1.54, 1.807) is 16.7 Å². The van der Waals surface area contributed by atoms with E-state index in [0.29, 0.717) is 13.1 Å². The summed E-state index contributed by atoms with van der Waals surface area (Å²) in [6.45, 7) is 5.54. The van der Waals surface area contributed by atoms with Gasteiger partial charge in [-0.15, -0.1) is 0 Å². The molecule has 0 bridgehead atoms. The minimum Gasteiger partial charge on any atom is -0.327 e. The summed E-state index contributed by atoms with van der Waals surface area (Å²) in [6, 6.07) is 11.2. The SMILES string of the molecule is CCn1ccc(CN2C(=O)CN(Cc3ccccc3)C(=O)[C@@H]2C)n1. The number of benzene rings is 1. The van der Waals surface area contributed by atoms with Crippen LogP contribution in [-0.2, 0) is 29.2 Å². The Bertz CT molecular complexity index is 726. The van der Waals surface area contributed by atoms with Crippen LogP contribution in [-0.4, -0.2) is 44.0 Å². The molecule has 0 saturated carbocycles. The molecule has 0 aliphatic carbocycles. The van der Waals surface area contributed by atoms with Crippen LogP contribution in [0.15, 0.2) is 42.6 Å². The summed E-state index contributed by atoms with van der Waals surface area (Å²) >= 11 is 0. The van der Waals surface area contributed by atoms with E-state index >= 15 is 0 Å². The number of piperazine rings is 1. The number of amides is 2. The summed E-state index contributed by atoms with van der Waals surface area (Å²) in [5.41, 5.74) is 1.84. The standard InChI is InChI=1S/C18H22N4O2/c1-3-21-10-9-16(19-21)12-22-14(2)18(24)20(13-17(22)23)11-15-7-5-4-6-8-15/h4-10,14H,3,11-13H2,1-2H3/t14-/m0/s1. The van der Waals surface area contributed by atoms with E-state index < -0.39 is 6.04 Å². The average Bonchev–Trinajstić information content (AvgIpc) is 3.05. The van der Waals surface area contributed by atoms with Gasteiger partial charge >= 0.3 is 0 Å². The highest BCUT2D eigenvalue weighted by Crippen LogP contribution is 2.17. The first-order valence-electron chi connectivity index (χ1n) is 8.23. The first-order valence-corrected chi connectivity index (χ1v) is 8.23. The van der Waals surface area contributed by atoms with E-state index in [4.69, 9.17) is 0 Å². The molecule has 0 unspecified atom stereocenters. The Morgan fingerprint density at radius 3 is 2.54 bits per heavy atom. The molecule has 24 heavy (non-hydrogen) atoms. The van der Waals surface area contributed by atoms with E-state index in [1.807, 2.05) is 54.2 Å². The Kier molecular flexibility index (Phi) is 4.64. The predicted molar refractivity (Wildman–Crippen MR) is 89.8 cm³/mol. The smallest absolute Gasteiger partial charge is 0.245 e. The van der Waals surface area contributed by atoms with Crippen LogP contribution >= 0.6 is 0 Å². The monoisotopic (exact) mass is 326 g/mol. The molecular weight excluding hydrogens is 304 g/mol. The van der Waals surface area contributed by atoms with Crippen molar-refractivity contribution in [1.82, 2.24) is 19.6 Å². The summed E-state index contributed by atoms with van der Waals surface area (Å²) < 4.78 is 1.82. The lowest BCUT2D eigenvalue weighted by Crippen LogP contribution is -2.58. The maximum atomic E-state index is 12.6. The van der Waals surface area contributed by atoms with E-state index in [0.717, 1.165) is 17.8 Å². The number of hydrogen-bond donors (Lipinski definition) is 0. The summed E-state index contributed by atoms with van der Waals surface area (Å²) in [6.07, 6.45) is 1.89. The van der Waals surface area contributed by atoms with Gasteiger partial charge in [-0.3, -0.25) is 14.3 Å². The van der Waals surface area contributed by atoms with Crippen molar-refractivity contribution in [3.63, 3.8) is 0 Å². The molecule has 2 amide bonds. The number of rotatable bonds is 5. The van der Waals surface area contributed by atoms with Crippen LogP contribution in [0, 0.1) is 0 Å². The minimum absolute atomic E-state index is 0.0200. The molecule has 0 spiro atoms. The second-order valence-corrected chi connectivity index (χ2v) is 6.04. The fraction of sp³-hybridized carbons (Fsp3) is 0.389. The highest BCUT2D eigenvalue weighted by Gasteiger charge is 2.36. The molecular formula is C18H22N4O2. The van der Waals surface area contributed by atoms with Crippen LogP contribution in [0.1, 0.15) is 25.1 Å². The predicted octanol–water partition coefficient (Wildman–Crippen LogP) is 1.66.